The highest BCUT2D eigenvalue weighted by Crippen LogP contribution is 2.32. The Kier molecular flexibility index (Phi) is 11.5. The molecule has 4 rings (SSSR count). The number of hydrogen-bond donors (Lipinski definition) is 2. The highest BCUT2D eigenvalue weighted by Gasteiger charge is 2.34. The number of aryl methyl sites for hydroxylation is 1. The van der Waals surface area contributed by atoms with Gasteiger partial charge in [0, 0.05) is 30.9 Å². The molecule has 1 saturated heterocycles. The number of imidazole rings is 1. The van der Waals surface area contributed by atoms with E-state index in [-0.39, 0.29) is 5.91 Å². The topological polar surface area (TPSA) is 96.5 Å². The van der Waals surface area contributed by atoms with E-state index in [4.69, 9.17) is 10.7 Å². The van der Waals surface area contributed by atoms with Gasteiger partial charge in [0.25, 0.3) is 0 Å². The van der Waals surface area contributed by atoms with E-state index in [0.29, 0.717) is 17.4 Å². The van der Waals surface area contributed by atoms with E-state index in [2.05, 4.69) is 79.4 Å². The minimum atomic E-state index is -0.677. The highest BCUT2D eigenvalue weighted by atomic mass is 16.2. The molecule has 0 atom stereocenters. The molecule has 0 bridgehead atoms. The second-order valence-electron chi connectivity index (χ2n) is 13.9. The van der Waals surface area contributed by atoms with Gasteiger partial charge in [-0.1, -0.05) is 40.2 Å². The van der Waals surface area contributed by atoms with Gasteiger partial charge in [-0.15, -0.1) is 0 Å². The number of nitrogens with zero attached hydrogens (tertiary/aromatic N) is 4. The number of piperidine rings is 1. The SMILES string of the molecule is CC(C)CCN(CCC(C)C)C(=O)C(C)(C)c1ccc2nc(Nc3ccc(C(N)=O)cc3)n(CCCN3CCCCC3)c2c1. The standard InChI is InChI=1S/C36H54N6O2/c1-26(2)17-23-41(24-18-27(3)4)34(44)36(5,6)29-13-16-31-32(25-29)42(22-10-21-40-19-8-7-9-20-40)35(39-31)38-30-14-11-28(12-15-30)33(37)43/h11-16,25-27H,7-10,17-24H2,1-6H3,(H2,37,43)(H,38,39). The molecule has 0 aliphatic carbocycles. The first kappa shape index (κ1) is 33.5. The van der Waals surface area contributed by atoms with E-state index in [1.807, 2.05) is 12.1 Å². The Morgan fingerprint density at radius 3 is 2.16 bits per heavy atom. The molecule has 1 fully saturated rings. The van der Waals surface area contributed by atoms with Gasteiger partial charge >= 0.3 is 0 Å². The van der Waals surface area contributed by atoms with Crippen molar-refractivity contribution >= 4 is 34.5 Å². The minimum absolute atomic E-state index is 0.183. The Morgan fingerprint density at radius 1 is 0.932 bits per heavy atom. The number of benzene rings is 2. The number of nitrogens with one attached hydrogen (secondary N) is 1. The van der Waals surface area contributed by atoms with Crippen LogP contribution in [0.25, 0.3) is 11.0 Å². The van der Waals surface area contributed by atoms with Crippen molar-refractivity contribution in [2.24, 2.45) is 17.6 Å². The summed E-state index contributed by atoms with van der Waals surface area (Å²) < 4.78 is 2.25. The number of likely N-dealkylation sites (tertiary alicyclic amines) is 1. The number of aromatic nitrogens is 2. The molecule has 0 saturated carbocycles. The molecule has 240 valence electrons. The van der Waals surface area contributed by atoms with Gasteiger partial charge in [-0.05, 0) is 119 Å². The lowest BCUT2D eigenvalue weighted by Crippen LogP contribution is -2.45. The fourth-order valence-corrected chi connectivity index (χ4v) is 5.98. The molecule has 2 amide bonds. The number of anilines is 2. The number of primary amides is 1. The molecule has 0 unspecified atom stereocenters. The predicted octanol–water partition coefficient (Wildman–Crippen LogP) is 6.95. The van der Waals surface area contributed by atoms with Crippen molar-refractivity contribution in [1.29, 1.82) is 0 Å². The Hall–Kier alpha value is -3.39. The molecule has 3 N–H and O–H groups in total. The molecule has 2 aromatic carbocycles. The number of rotatable bonds is 15. The van der Waals surface area contributed by atoms with Gasteiger partial charge in [-0.25, -0.2) is 4.98 Å². The van der Waals surface area contributed by atoms with Crippen molar-refractivity contribution in [3.05, 3.63) is 53.6 Å². The lowest BCUT2D eigenvalue weighted by atomic mass is 9.82. The molecule has 8 heteroatoms. The summed E-state index contributed by atoms with van der Waals surface area (Å²) in [5.74, 6) is 1.57. The first-order chi connectivity index (χ1) is 21.0. The monoisotopic (exact) mass is 602 g/mol. The third kappa shape index (κ3) is 8.62. The van der Waals surface area contributed by atoms with Crippen LogP contribution >= 0.6 is 0 Å². The van der Waals surface area contributed by atoms with Crippen LogP contribution in [-0.2, 0) is 16.8 Å². The smallest absolute Gasteiger partial charge is 0.248 e. The van der Waals surface area contributed by atoms with Crippen LogP contribution in [0.3, 0.4) is 0 Å². The van der Waals surface area contributed by atoms with Crippen LogP contribution in [0.4, 0.5) is 11.6 Å². The average Bonchev–Trinajstić information content (AvgIpc) is 3.33. The van der Waals surface area contributed by atoms with Gasteiger partial charge in [-0.2, -0.15) is 0 Å². The molecular weight excluding hydrogens is 548 g/mol. The summed E-state index contributed by atoms with van der Waals surface area (Å²) in [6.45, 7) is 18.8. The summed E-state index contributed by atoms with van der Waals surface area (Å²) >= 11 is 0. The van der Waals surface area contributed by atoms with Gasteiger partial charge in [-0.3, -0.25) is 9.59 Å². The Labute approximate surface area is 264 Å². The molecule has 3 aromatic rings. The normalized spacial score (nSPS) is 14.5. The van der Waals surface area contributed by atoms with Crippen molar-refractivity contribution in [1.82, 2.24) is 19.4 Å². The molecule has 0 radical (unpaired) electrons. The first-order valence-corrected chi connectivity index (χ1v) is 16.6. The van der Waals surface area contributed by atoms with Crippen LogP contribution in [0.5, 0.6) is 0 Å². The Balaban J connectivity index is 1.65. The second-order valence-corrected chi connectivity index (χ2v) is 13.9. The van der Waals surface area contributed by atoms with E-state index >= 15 is 0 Å². The van der Waals surface area contributed by atoms with Crippen molar-refractivity contribution in [3.8, 4) is 0 Å². The highest BCUT2D eigenvalue weighted by molar-refractivity contribution is 5.93. The lowest BCUT2D eigenvalue weighted by Gasteiger charge is -2.33. The summed E-state index contributed by atoms with van der Waals surface area (Å²) in [5, 5.41) is 3.48. The third-order valence-electron chi connectivity index (χ3n) is 8.97. The van der Waals surface area contributed by atoms with Gasteiger partial charge < -0.3 is 25.4 Å². The summed E-state index contributed by atoms with van der Waals surface area (Å²) in [7, 11) is 0. The van der Waals surface area contributed by atoms with Crippen molar-refractivity contribution in [2.45, 2.75) is 92.0 Å². The largest absolute Gasteiger partial charge is 0.366 e. The summed E-state index contributed by atoms with van der Waals surface area (Å²) in [5.41, 5.74) is 9.00. The maximum absolute atomic E-state index is 14.1. The zero-order valence-corrected chi connectivity index (χ0v) is 27.9. The van der Waals surface area contributed by atoms with Crippen LogP contribution < -0.4 is 11.1 Å². The number of amides is 2. The number of nitrogens with two attached hydrogens (primary N) is 1. The summed E-state index contributed by atoms with van der Waals surface area (Å²) in [4.78, 5) is 35.3. The zero-order valence-electron chi connectivity index (χ0n) is 27.9. The average molecular weight is 603 g/mol. The Bertz CT molecular complexity index is 1370. The van der Waals surface area contributed by atoms with E-state index in [9.17, 15) is 9.59 Å². The lowest BCUT2D eigenvalue weighted by molar-refractivity contribution is -0.136. The van der Waals surface area contributed by atoms with Crippen LogP contribution in [0.2, 0.25) is 0 Å². The fourth-order valence-electron chi connectivity index (χ4n) is 5.98. The quantitative estimate of drug-likeness (QED) is 0.196. The molecule has 1 aromatic heterocycles. The maximum Gasteiger partial charge on any atom is 0.248 e. The first-order valence-electron chi connectivity index (χ1n) is 16.6. The van der Waals surface area contributed by atoms with E-state index in [1.54, 1.807) is 12.1 Å². The number of hydrogen-bond acceptors (Lipinski definition) is 5. The summed E-state index contributed by atoms with van der Waals surface area (Å²) in [6, 6.07) is 13.5. The van der Waals surface area contributed by atoms with Gasteiger partial charge in [0.2, 0.25) is 17.8 Å². The molecule has 44 heavy (non-hydrogen) atoms. The van der Waals surface area contributed by atoms with Crippen LogP contribution in [0.1, 0.15) is 96.0 Å². The van der Waals surface area contributed by atoms with Crippen molar-refractivity contribution in [2.75, 3.05) is 38.0 Å². The molecule has 1 aliphatic heterocycles. The fraction of sp³-hybridized carbons (Fsp3) is 0.583. The van der Waals surface area contributed by atoms with E-state index in [0.717, 1.165) is 73.7 Å². The molecule has 8 nitrogen and oxygen atoms in total. The maximum atomic E-state index is 14.1. The Morgan fingerprint density at radius 2 is 1.57 bits per heavy atom. The van der Waals surface area contributed by atoms with Crippen LogP contribution in [0, 0.1) is 11.8 Å². The molecule has 1 aliphatic rings. The molecule has 2 heterocycles. The van der Waals surface area contributed by atoms with E-state index in [1.165, 1.54) is 32.4 Å². The van der Waals surface area contributed by atoms with Gasteiger partial charge in [0.1, 0.15) is 0 Å². The van der Waals surface area contributed by atoms with Crippen molar-refractivity contribution in [3.63, 3.8) is 0 Å². The third-order valence-corrected chi connectivity index (χ3v) is 8.97. The number of fused-ring (bicyclic) bond motifs is 1. The predicted molar refractivity (Wildman–Crippen MR) is 181 cm³/mol. The van der Waals surface area contributed by atoms with Crippen LogP contribution in [0.15, 0.2) is 42.5 Å². The number of carbonyl (C=O) groups is 2. The van der Waals surface area contributed by atoms with Crippen LogP contribution in [-0.4, -0.2) is 63.9 Å². The number of carbonyl (C=O) groups excluding carboxylic acids is 2. The zero-order chi connectivity index (χ0) is 31.9. The van der Waals surface area contributed by atoms with Gasteiger partial charge in [0.05, 0.1) is 16.4 Å². The second kappa shape index (κ2) is 15.1. The van der Waals surface area contributed by atoms with Crippen molar-refractivity contribution < 1.29 is 9.59 Å². The molecule has 0 spiro atoms. The minimum Gasteiger partial charge on any atom is -0.366 e. The van der Waals surface area contributed by atoms with Gasteiger partial charge in [0.15, 0.2) is 0 Å². The summed E-state index contributed by atoms with van der Waals surface area (Å²) in [6.07, 6.45) is 6.89. The van der Waals surface area contributed by atoms with E-state index < -0.39 is 11.3 Å². The molecular formula is C36H54N6O2.